The van der Waals surface area contributed by atoms with Crippen LogP contribution in [-0.2, 0) is 6.18 Å². The zero-order valence-electron chi connectivity index (χ0n) is 14.1. The smallest absolute Gasteiger partial charge is 0.357 e. The van der Waals surface area contributed by atoms with Crippen molar-refractivity contribution in [3.05, 3.63) is 29.6 Å². The van der Waals surface area contributed by atoms with Gasteiger partial charge in [-0.1, -0.05) is 6.92 Å². The summed E-state index contributed by atoms with van der Waals surface area (Å²) in [6.45, 7) is 3.11. The minimum absolute atomic E-state index is 0.357. The maximum absolute atomic E-state index is 12.8. The summed E-state index contributed by atoms with van der Waals surface area (Å²) < 4.78 is 45.0. The second-order valence-electron chi connectivity index (χ2n) is 6.51. The number of halogens is 3. The molecule has 1 saturated carbocycles. The Labute approximate surface area is 149 Å². The highest BCUT2D eigenvalue weighted by Gasteiger charge is 2.32. The fraction of sp³-hybridized carbons (Fsp3) is 0.588. The highest BCUT2D eigenvalue weighted by molar-refractivity contribution is 7.95. The molecule has 0 bridgehead atoms. The predicted molar refractivity (Wildman–Crippen MR) is 95.1 cm³/mol. The van der Waals surface area contributed by atoms with Crippen molar-refractivity contribution in [3.8, 4) is 0 Å². The summed E-state index contributed by atoms with van der Waals surface area (Å²) in [5, 5.41) is 0. The number of H-pyrrole nitrogens is 1. The van der Waals surface area contributed by atoms with E-state index in [1.165, 1.54) is 6.07 Å². The van der Waals surface area contributed by atoms with Gasteiger partial charge in [0, 0.05) is 30.4 Å². The van der Waals surface area contributed by atoms with Gasteiger partial charge in [-0.3, -0.25) is 4.72 Å². The molecule has 0 spiro atoms. The number of nitrogens with one attached hydrogen (secondary N) is 3. The molecule has 0 amide bonds. The van der Waals surface area contributed by atoms with Crippen molar-refractivity contribution in [1.82, 2.24) is 19.4 Å². The molecule has 0 aromatic carbocycles. The minimum atomic E-state index is -4.40. The van der Waals surface area contributed by atoms with Crippen LogP contribution in [0.4, 0.5) is 13.2 Å². The highest BCUT2D eigenvalue weighted by atomic mass is 32.2. The number of alkyl halides is 3. The normalized spacial score (nSPS) is 21.8. The van der Waals surface area contributed by atoms with Crippen molar-refractivity contribution in [3.63, 3.8) is 0 Å². The number of pyridine rings is 1. The van der Waals surface area contributed by atoms with Crippen LogP contribution in [0.15, 0.2) is 18.2 Å². The third kappa shape index (κ3) is 4.68. The standard InChI is InChI=1S/C17H23F3N4S/c1-2-9-21-25-24-12-5-3-11(4-6-12)14-10-15-13(22-14)7-8-16(23-15)17(18,19)20/h7-8,10-12,21-22,24H,2-6,9H2,1H3. The van der Waals surface area contributed by atoms with Gasteiger partial charge in [0.2, 0.25) is 0 Å². The van der Waals surface area contributed by atoms with Crippen molar-refractivity contribution in [2.24, 2.45) is 0 Å². The molecule has 138 valence electrons. The number of nitrogens with zero attached hydrogens (tertiary/aromatic N) is 1. The quantitative estimate of drug-likeness (QED) is 0.505. The first kappa shape index (κ1) is 18.5. The topological polar surface area (TPSA) is 52.7 Å². The van der Waals surface area contributed by atoms with Gasteiger partial charge in [0.05, 0.1) is 11.0 Å². The van der Waals surface area contributed by atoms with Crippen molar-refractivity contribution < 1.29 is 13.2 Å². The van der Waals surface area contributed by atoms with Crippen LogP contribution in [-0.4, -0.2) is 22.6 Å². The average Bonchev–Trinajstić information content (AvgIpc) is 3.02. The van der Waals surface area contributed by atoms with E-state index in [-0.39, 0.29) is 0 Å². The zero-order valence-corrected chi connectivity index (χ0v) is 14.9. The maximum Gasteiger partial charge on any atom is 0.433 e. The molecule has 0 atom stereocenters. The van der Waals surface area contributed by atoms with E-state index in [1.54, 1.807) is 18.2 Å². The van der Waals surface area contributed by atoms with Crippen LogP contribution in [0.3, 0.4) is 0 Å². The lowest BCUT2D eigenvalue weighted by atomic mass is 9.84. The molecule has 3 rings (SSSR count). The van der Waals surface area contributed by atoms with Crippen molar-refractivity contribution in [2.45, 2.75) is 57.2 Å². The second-order valence-corrected chi connectivity index (χ2v) is 7.24. The van der Waals surface area contributed by atoms with E-state index in [2.05, 4.69) is 26.3 Å². The zero-order chi connectivity index (χ0) is 17.9. The molecular weight excluding hydrogens is 349 g/mol. The Kier molecular flexibility index (Phi) is 5.91. The van der Waals surface area contributed by atoms with Crippen molar-refractivity contribution >= 4 is 23.2 Å². The lowest BCUT2D eigenvalue weighted by molar-refractivity contribution is -0.140. The van der Waals surface area contributed by atoms with Crippen LogP contribution in [0.2, 0.25) is 0 Å². The molecule has 3 N–H and O–H groups in total. The van der Waals surface area contributed by atoms with Gasteiger partial charge in [-0.05, 0) is 56.2 Å². The van der Waals surface area contributed by atoms with Gasteiger partial charge in [-0.2, -0.15) is 13.2 Å². The van der Waals surface area contributed by atoms with Gasteiger partial charge in [0.1, 0.15) is 5.69 Å². The van der Waals surface area contributed by atoms with E-state index in [4.69, 9.17) is 0 Å². The van der Waals surface area contributed by atoms with Gasteiger partial charge in [0.25, 0.3) is 0 Å². The number of hydrogen-bond acceptors (Lipinski definition) is 4. The molecule has 2 aromatic rings. The summed E-state index contributed by atoms with van der Waals surface area (Å²) in [6.07, 6.45) is 0.852. The predicted octanol–water partition coefficient (Wildman–Crippen LogP) is 4.76. The molecule has 25 heavy (non-hydrogen) atoms. The first-order valence-corrected chi connectivity index (χ1v) is 9.50. The molecule has 2 heterocycles. The number of aromatic nitrogens is 2. The molecule has 1 aliphatic rings. The molecular formula is C17H23F3N4S. The molecule has 0 radical (unpaired) electrons. The molecule has 0 saturated heterocycles. The molecule has 8 heteroatoms. The first-order chi connectivity index (χ1) is 12.0. The Bertz CT molecular complexity index is 693. The third-order valence-electron chi connectivity index (χ3n) is 4.60. The van der Waals surface area contributed by atoms with E-state index >= 15 is 0 Å². The highest BCUT2D eigenvalue weighted by Crippen LogP contribution is 2.35. The Hall–Kier alpha value is -1.25. The van der Waals surface area contributed by atoms with Gasteiger partial charge in [-0.15, -0.1) is 0 Å². The van der Waals surface area contributed by atoms with Gasteiger partial charge < -0.3 is 4.98 Å². The van der Waals surface area contributed by atoms with Crippen molar-refractivity contribution in [1.29, 1.82) is 0 Å². The summed E-state index contributed by atoms with van der Waals surface area (Å²) in [6, 6.07) is 4.76. The van der Waals surface area contributed by atoms with Crippen LogP contribution in [0.25, 0.3) is 11.0 Å². The van der Waals surface area contributed by atoms with Gasteiger partial charge in [0.15, 0.2) is 0 Å². The Morgan fingerprint density at radius 1 is 1.24 bits per heavy atom. The van der Waals surface area contributed by atoms with Gasteiger partial charge >= 0.3 is 6.18 Å². The summed E-state index contributed by atoms with van der Waals surface area (Å²) in [5.41, 5.74) is 1.22. The Balaban J connectivity index is 1.60. The molecule has 4 nitrogen and oxygen atoms in total. The fourth-order valence-corrected chi connectivity index (χ4v) is 4.00. The van der Waals surface area contributed by atoms with E-state index in [0.717, 1.165) is 50.4 Å². The Morgan fingerprint density at radius 2 is 2.00 bits per heavy atom. The van der Waals surface area contributed by atoms with Gasteiger partial charge in [-0.25, -0.2) is 9.71 Å². The largest absolute Gasteiger partial charge is 0.433 e. The lowest BCUT2D eigenvalue weighted by Crippen LogP contribution is -2.30. The molecule has 0 aliphatic heterocycles. The van der Waals surface area contributed by atoms with Crippen LogP contribution < -0.4 is 9.44 Å². The van der Waals surface area contributed by atoms with Crippen LogP contribution >= 0.6 is 12.1 Å². The monoisotopic (exact) mass is 372 g/mol. The minimum Gasteiger partial charge on any atom is -0.357 e. The van der Waals surface area contributed by atoms with E-state index in [0.29, 0.717) is 23.0 Å². The van der Waals surface area contributed by atoms with Crippen LogP contribution in [0.5, 0.6) is 0 Å². The lowest BCUT2D eigenvalue weighted by Gasteiger charge is -2.28. The molecule has 0 unspecified atom stereocenters. The SMILES string of the molecule is CCCNSNC1CCC(c2cc3nc(C(F)(F)F)ccc3[nH]2)CC1. The summed E-state index contributed by atoms with van der Waals surface area (Å²) in [5.74, 6) is 0.357. The van der Waals surface area contributed by atoms with Crippen LogP contribution in [0, 0.1) is 0 Å². The second kappa shape index (κ2) is 7.97. The van der Waals surface area contributed by atoms with E-state index in [1.807, 2.05) is 0 Å². The summed E-state index contributed by atoms with van der Waals surface area (Å²) >= 11 is 1.56. The number of fused-ring (bicyclic) bond motifs is 1. The van der Waals surface area contributed by atoms with E-state index in [9.17, 15) is 13.2 Å². The van der Waals surface area contributed by atoms with E-state index < -0.39 is 11.9 Å². The number of aromatic amines is 1. The third-order valence-corrected chi connectivity index (χ3v) is 5.40. The number of rotatable bonds is 6. The number of hydrogen-bond donors (Lipinski definition) is 3. The average molecular weight is 372 g/mol. The summed E-state index contributed by atoms with van der Waals surface area (Å²) in [4.78, 5) is 7.01. The Morgan fingerprint density at radius 3 is 2.68 bits per heavy atom. The molecule has 1 fully saturated rings. The maximum atomic E-state index is 12.8. The molecule has 1 aliphatic carbocycles. The first-order valence-electron chi connectivity index (χ1n) is 8.68. The van der Waals surface area contributed by atoms with Crippen LogP contribution in [0.1, 0.15) is 56.3 Å². The fourth-order valence-electron chi connectivity index (χ4n) is 3.21. The molecule has 2 aromatic heterocycles. The van der Waals surface area contributed by atoms with Crippen molar-refractivity contribution in [2.75, 3.05) is 6.54 Å². The summed E-state index contributed by atoms with van der Waals surface area (Å²) in [7, 11) is 0.